The minimum absolute atomic E-state index is 0.0684. The lowest BCUT2D eigenvalue weighted by atomic mass is 10.1. The van der Waals surface area contributed by atoms with Crippen molar-refractivity contribution in [1.82, 2.24) is 0 Å². The third-order valence-electron chi connectivity index (χ3n) is 5.99. The molecule has 0 radical (unpaired) electrons. The summed E-state index contributed by atoms with van der Waals surface area (Å²) in [7, 11) is 10.1. The fourth-order valence-corrected chi connectivity index (χ4v) is 3.78. The van der Waals surface area contributed by atoms with Gasteiger partial charge in [-0.25, -0.2) is 0 Å². The molecule has 0 spiro atoms. The topological polar surface area (TPSA) is 64.6 Å². The van der Waals surface area contributed by atoms with Crippen LogP contribution in [0.15, 0.2) is 24.3 Å². The molecular weight excluding hydrogens is 448 g/mol. The van der Waals surface area contributed by atoms with E-state index in [0.717, 1.165) is 51.4 Å². The Labute approximate surface area is 215 Å². The molecule has 0 aliphatic heterocycles. The number of hydrogen-bond donors (Lipinski definition) is 0. The summed E-state index contributed by atoms with van der Waals surface area (Å²) in [4.78, 5) is 0. The van der Waals surface area contributed by atoms with Crippen LogP contribution in [0.5, 0.6) is 0 Å². The minimum Gasteiger partial charge on any atom is -0.356 e. The van der Waals surface area contributed by atoms with E-state index in [0.29, 0.717) is 0 Å². The zero-order chi connectivity index (χ0) is 26.0. The summed E-state index contributed by atoms with van der Waals surface area (Å²) >= 11 is 0. The fourth-order valence-electron chi connectivity index (χ4n) is 3.78. The van der Waals surface area contributed by atoms with Crippen molar-refractivity contribution in [3.8, 4) is 0 Å². The SMILES string of the molecule is COC(C=CCCCCCCCC(OC)OC)OC(C=CCCCCCCCC(OC)OC)OC. The molecule has 7 nitrogen and oxygen atoms in total. The maximum Gasteiger partial charge on any atom is 0.179 e. The summed E-state index contributed by atoms with van der Waals surface area (Å²) in [5.41, 5.74) is 0. The number of methoxy groups -OCH3 is 6. The second kappa shape index (κ2) is 26.3. The van der Waals surface area contributed by atoms with E-state index in [1.165, 1.54) is 38.5 Å². The van der Waals surface area contributed by atoms with Crippen LogP contribution in [0.25, 0.3) is 0 Å². The van der Waals surface area contributed by atoms with Gasteiger partial charge in [-0.05, 0) is 63.5 Å². The highest BCUT2D eigenvalue weighted by Gasteiger charge is 2.10. The summed E-state index contributed by atoms with van der Waals surface area (Å²) in [5.74, 6) is 0. The highest BCUT2D eigenvalue weighted by molar-refractivity contribution is 4.89. The van der Waals surface area contributed by atoms with Gasteiger partial charge in [0.05, 0.1) is 0 Å². The molecule has 0 aromatic heterocycles. The van der Waals surface area contributed by atoms with Gasteiger partial charge in [0, 0.05) is 42.7 Å². The molecule has 0 fully saturated rings. The number of allylic oxidation sites excluding steroid dienone is 2. The van der Waals surface area contributed by atoms with Crippen LogP contribution < -0.4 is 0 Å². The summed E-state index contributed by atoms with van der Waals surface area (Å²) in [6, 6.07) is 0. The predicted octanol–water partition coefficient (Wildman–Crippen LogP) is 6.76. The quantitative estimate of drug-likeness (QED) is 0.0735. The number of hydrogen-bond acceptors (Lipinski definition) is 7. The molecule has 0 N–H and O–H groups in total. The molecule has 0 amide bonds. The zero-order valence-electron chi connectivity index (χ0n) is 23.4. The van der Waals surface area contributed by atoms with Gasteiger partial charge >= 0.3 is 0 Å². The molecule has 0 heterocycles. The van der Waals surface area contributed by atoms with Gasteiger partial charge < -0.3 is 33.2 Å². The van der Waals surface area contributed by atoms with Crippen LogP contribution in [-0.2, 0) is 33.2 Å². The fraction of sp³-hybridized carbons (Fsp3) is 0.857. The van der Waals surface area contributed by atoms with Crippen molar-refractivity contribution in [3.05, 3.63) is 24.3 Å². The van der Waals surface area contributed by atoms with Crippen molar-refractivity contribution in [3.63, 3.8) is 0 Å². The first-order chi connectivity index (χ1) is 17.1. The van der Waals surface area contributed by atoms with Crippen molar-refractivity contribution >= 4 is 0 Å². The summed E-state index contributed by atoms with van der Waals surface area (Å²) in [6.45, 7) is 0. The first kappa shape index (κ1) is 34.2. The van der Waals surface area contributed by atoms with Crippen LogP contribution in [0.2, 0.25) is 0 Å². The average Bonchev–Trinajstić information content (AvgIpc) is 2.89. The van der Waals surface area contributed by atoms with E-state index < -0.39 is 12.6 Å². The maximum absolute atomic E-state index is 5.89. The Morgan fingerprint density at radius 2 is 0.771 bits per heavy atom. The molecule has 0 saturated heterocycles. The Hall–Kier alpha value is -0.800. The van der Waals surface area contributed by atoms with Gasteiger partial charge in [-0.3, -0.25) is 0 Å². The first-order valence-corrected chi connectivity index (χ1v) is 13.3. The Bertz CT molecular complexity index is 434. The molecule has 0 saturated carbocycles. The molecular formula is C28H54O7. The van der Waals surface area contributed by atoms with Crippen LogP contribution in [0.4, 0.5) is 0 Å². The Morgan fingerprint density at radius 3 is 1.11 bits per heavy atom. The molecule has 2 atom stereocenters. The summed E-state index contributed by atoms with van der Waals surface area (Å²) in [6.07, 6.45) is 23.1. The second-order valence-electron chi connectivity index (χ2n) is 8.69. The first-order valence-electron chi connectivity index (χ1n) is 13.3. The molecule has 0 rings (SSSR count). The number of ether oxygens (including phenoxy) is 7. The lowest BCUT2D eigenvalue weighted by molar-refractivity contribution is -0.188. The molecule has 0 aromatic rings. The molecule has 0 bridgehead atoms. The molecule has 7 heteroatoms. The van der Waals surface area contributed by atoms with E-state index >= 15 is 0 Å². The van der Waals surface area contributed by atoms with E-state index in [1.807, 2.05) is 12.2 Å². The van der Waals surface area contributed by atoms with Crippen LogP contribution in [-0.4, -0.2) is 67.8 Å². The Kier molecular flexibility index (Phi) is 25.7. The van der Waals surface area contributed by atoms with Crippen molar-refractivity contribution in [1.29, 1.82) is 0 Å². The third-order valence-corrected chi connectivity index (χ3v) is 5.99. The molecule has 208 valence electrons. The summed E-state index contributed by atoms with van der Waals surface area (Å²) < 4.78 is 37.6. The Balaban J connectivity index is 3.88. The van der Waals surface area contributed by atoms with E-state index in [2.05, 4.69) is 12.2 Å². The van der Waals surface area contributed by atoms with Crippen LogP contribution in [0.3, 0.4) is 0 Å². The van der Waals surface area contributed by atoms with E-state index in [9.17, 15) is 0 Å². The van der Waals surface area contributed by atoms with Gasteiger partial charge in [0.15, 0.2) is 25.2 Å². The summed E-state index contributed by atoms with van der Waals surface area (Å²) in [5, 5.41) is 0. The van der Waals surface area contributed by atoms with Gasteiger partial charge in [-0.15, -0.1) is 0 Å². The lowest BCUT2D eigenvalue weighted by Gasteiger charge is -2.18. The van der Waals surface area contributed by atoms with Crippen molar-refractivity contribution in [2.24, 2.45) is 0 Å². The van der Waals surface area contributed by atoms with Crippen molar-refractivity contribution in [2.75, 3.05) is 42.7 Å². The van der Waals surface area contributed by atoms with Gasteiger partial charge in [0.25, 0.3) is 0 Å². The second-order valence-corrected chi connectivity index (χ2v) is 8.69. The minimum atomic E-state index is -0.410. The monoisotopic (exact) mass is 502 g/mol. The predicted molar refractivity (Wildman–Crippen MR) is 141 cm³/mol. The van der Waals surface area contributed by atoms with Crippen LogP contribution in [0.1, 0.15) is 89.9 Å². The smallest absolute Gasteiger partial charge is 0.179 e. The van der Waals surface area contributed by atoms with Crippen LogP contribution >= 0.6 is 0 Å². The average molecular weight is 503 g/mol. The molecule has 0 aromatic carbocycles. The number of rotatable bonds is 26. The standard InChI is InChI=1S/C28H54O7/c1-29-25(30-2)21-17-13-9-7-11-15-19-23-27(33-5)35-28(34-6)24-20-16-12-8-10-14-18-22-26(31-3)32-4/h19-20,23-28H,7-18,21-22H2,1-6H3. The lowest BCUT2D eigenvalue weighted by Crippen LogP contribution is -2.22. The van der Waals surface area contributed by atoms with Gasteiger partial charge in [0.2, 0.25) is 0 Å². The molecule has 0 aliphatic rings. The largest absolute Gasteiger partial charge is 0.356 e. The van der Waals surface area contributed by atoms with Crippen LogP contribution in [0, 0.1) is 0 Å². The van der Waals surface area contributed by atoms with E-state index in [4.69, 9.17) is 33.2 Å². The van der Waals surface area contributed by atoms with Gasteiger partial charge in [-0.1, -0.05) is 50.7 Å². The van der Waals surface area contributed by atoms with E-state index in [1.54, 1.807) is 42.7 Å². The number of unbranched alkanes of at least 4 members (excludes halogenated alkanes) is 10. The normalized spacial score (nSPS) is 14.2. The van der Waals surface area contributed by atoms with Gasteiger partial charge in [-0.2, -0.15) is 0 Å². The molecule has 2 unspecified atom stereocenters. The van der Waals surface area contributed by atoms with E-state index in [-0.39, 0.29) is 12.6 Å². The van der Waals surface area contributed by atoms with Crippen molar-refractivity contribution < 1.29 is 33.2 Å². The van der Waals surface area contributed by atoms with Crippen molar-refractivity contribution in [2.45, 2.75) is 115 Å². The third kappa shape index (κ3) is 21.0. The highest BCUT2D eigenvalue weighted by atomic mass is 16.8. The maximum atomic E-state index is 5.89. The zero-order valence-corrected chi connectivity index (χ0v) is 23.4. The highest BCUT2D eigenvalue weighted by Crippen LogP contribution is 2.13. The molecule has 0 aliphatic carbocycles. The Morgan fingerprint density at radius 1 is 0.429 bits per heavy atom. The molecule has 35 heavy (non-hydrogen) atoms. The van der Waals surface area contributed by atoms with Gasteiger partial charge in [0.1, 0.15) is 0 Å².